The zero-order valence-corrected chi connectivity index (χ0v) is 18.0. The normalized spacial score (nSPS) is 14.4. The monoisotopic (exact) mass is 432 g/mol. The fourth-order valence-electron chi connectivity index (χ4n) is 2.47. The molecule has 0 radical (unpaired) electrons. The zero-order chi connectivity index (χ0) is 22.5. The predicted molar refractivity (Wildman–Crippen MR) is 108 cm³/mol. The Morgan fingerprint density at radius 2 is 1.83 bits per heavy atom. The number of nitrogens with one attached hydrogen (secondary N) is 1. The summed E-state index contributed by atoms with van der Waals surface area (Å²) in [6.07, 6.45) is -0.0320. The van der Waals surface area contributed by atoms with Gasteiger partial charge in [0.25, 0.3) is 5.91 Å². The number of furan rings is 1. The van der Waals surface area contributed by atoms with E-state index < -0.39 is 39.1 Å². The van der Waals surface area contributed by atoms with Crippen molar-refractivity contribution < 1.29 is 27.2 Å². The zero-order valence-electron chi connectivity index (χ0n) is 17.2. The third kappa shape index (κ3) is 5.27. The van der Waals surface area contributed by atoms with E-state index in [1.165, 1.54) is 31.4 Å². The molecular formula is C21H24N2O6S. The second-order valence-corrected chi connectivity index (χ2v) is 9.34. The Morgan fingerprint density at radius 1 is 1.20 bits per heavy atom. The number of hydrogen-bond acceptors (Lipinski definition) is 7. The van der Waals surface area contributed by atoms with Gasteiger partial charge in [0.1, 0.15) is 5.54 Å². The standard InChI is InChI=1S/C21H24N2O6S/c1-14(2)21(4,13-22)23-19(24)15(3)29-20(25)18-16(10-11-28-18)12-30(26,27)17-8-6-5-7-9-17/h5-11,14-15H,12H2,1-4H3,(H,23,24). The highest BCUT2D eigenvalue weighted by atomic mass is 32.2. The molecule has 1 aromatic heterocycles. The molecule has 9 heteroatoms. The summed E-state index contributed by atoms with van der Waals surface area (Å²) in [4.78, 5) is 25.0. The lowest BCUT2D eigenvalue weighted by Crippen LogP contribution is -2.52. The minimum atomic E-state index is -3.70. The van der Waals surface area contributed by atoms with Gasteiger partial charge in [-0.3, -0.25) is 4.79 Å². The smallest absolute Gasteiger partial charge is 0.375 e. The summed E-state index contributed by atoms with van der Waals surface area (Å²) in [7, 11) is -3.70. The molecule has 0 fully saturated rings. The minimum Gasteiger partial charge on any atom is -0.457 e. The first kappa shape index (κ1) is 23.2. The molecule has 160 valence electrons. The van der Waals surface area contributed by atoms with Crippen LogP contribution in [0.15, 0.2) is 52.0 Å². The maximum Gasteiger partial charge on any atom is 0.375 e. The van der Waals surface area contributed by atoms with Crippen LogP contribution in [0, 0.1) is 17.2 Å². The van der Waals surface area contributed by atoms with Crippen LogP contribution in [0.3, 0.4) is 0 Å². The molecule has 2 rings (SSSR count). The quantitative estimate of drug-likeness (QED) is 0.636. The average molecular weight is 432 g/mol. The molecule has 0 bridgehead atoms. The lowest BCUT2D eigenvalue weighted by Gasteiger charge is -2.28. The van der Waals surface area contributed by atoms with Gasteiger partial charge in [0, 0.05) is 5.56 Å². The predicted octanol–water partition coefficient (Wildman–Crippen LogP) is 2.85. The van der Waals surface area contributed by atoms with Gasteiger partial charge in [0.2, 0.25) is 5.76 Å². The molecule has 2 unspecified atom stereocenters. The molecule has 1 heterocycles. The first-order valence-electron chi connectivity index (χ1n) is 9.28. The molecule has 1 amide bonds. The number of nitrogens with zero attached hydrogens (tertiary/aromatic N) is 1. The molecule has 1 aromatic carbocycles. The van der Waals surface area contributed by atoms with Crippen molar-refractivity contribution in [3.8, 4) is 6.07 Å². The second kappa shape index (κ2) is 9.13. The fraction of sp³-hybridized carbons (Fsp3) is 0.381. The van der Waals surface area contributed by atoms with Crippen LogP contribution in [0.4, 0.5) is 0 Å². The summed E-state index contributed by atoms with van der Waals surface area (Å²) in [6.45, 7) is 6.49. The van der Waals surface area contributed by atoms with Gasteiger partial charge in [-0.15, -0.1) is 0 Å². The third-order valence-electron chi connectivity index (χ3n) is 4.80. The number of sulfone groups is 1. The highest BCUT2D eigenvalue weighted by Crippen LogP contribution is 2.21. The van der Waals surface area contributed by atoms with Crippen molar-refractivity contribution in [3.63, 3.8) is 0 Å². The second-order valence-electron chi connectivity index (χ2n) is 7.35. The summed E-state index contributed by atoms with van der Waals surface area (Å²) < 4.78 is 35.4. The highest BCUT2D eigenvalue weighted by Gasteiger charge is 2.33. The van der Waals surface area contributed by atoms with Gasteiger partial charge in [-0.05, 0) is 38.0 Å². The van der Waals surface area contributed by atoms with Crippen molar-refractivity contribution in [1.29, 1.82) is 5.26 Å². The summed E-state index contributed by atoms with van der Waals surface area (Å²) in [5, 5.41) is 11.9. The maximum absolute atomic E-state index is 12.6. The van der Waals surface area contributed by atoms with Crippen LogP contribution in [-0.2, 0) is 25.1 Å². The number of carbonyl (C=O) groups is 2. The van der Waals surface area contributed by atoms with E-state index in [-0.39, 0.29) is 22.1 Å². The molecule has 1 N–H and O–H groups in total. The van der Waals surface area contributed by atoms with E-state index in [1.807, 2.05) is 6.07 Å². The van der Waals surface area contributed by atoms with E-state index >= 15 is 0 Å². The van der Waals surface area contributed by atoms with E-state index in [0.717, 1.165) is 0 Å². The van der Waals surface area contributed by atoms with Crippen molar-refractivity contribution in [3.05, 3.63) is 54.0 Å². The van der Waals surface area contributed by atoms with E-state index in [4.69, 9.17) is 9.15 Å². The van der Waals surface area contributed by atoms with Crippen molar-refractivity contribution >= 4 is 21.7 Å². The Balaban J connectivity index is 2.12. The lowest BCUT2D eigenvalue weighted by molar-refractivity contribution is -0.130. The molecule has 30 heavy (non-hydrogen) atoms. The van der Waals surface area contributed by atoms with Gasteiger partial charge in [0.15, 0.2) is 15.9 Å². The number of rotatable bonds is 8. The van der Waals surface area contributed by atoms with Crippen molar-refractivity contribution in [2.45, 2.75) is 50.0 Å². The van der Waals surface area contributed by atoms with Crippen LogP contribution in [-0.4, -0.2) is 31.9 Å². The third-order valence-corrected chi connectivity index (χ3v) is 6.48. The maximum atomic E-state index is 12.6. The largest absolute Gasteiger partial charge is 0.457 e. The molecule has 0 aliphatic carbocycles. The lowest BCUT2D eigenvalue weighted by atomic mass is 9.90. The van der Waals surface area contributed by atoms with Crippen LogP contribution in [0.25, 0.3) is 0 Å². The number of hydrogen-bond donors (Lipinski definition) is 1. The first-order chi connectivity index (χ1) is 14.0. The van der Waals surface area contributed by atoms with E-state index in [1.54, 1.807) is 39.0 Å². The number of nitriles is 1. The summed E-state index contributed by atoms with van der Waals surface area (Å²) >= 11 is 0. The fourth-order valence-corrected chi connectivity index (χ4v) is 3.85. The Bertz CT molecular complexity index is 1050. The topological polar surface area (TPSA) is 126 Å². The van der Waals surface area contributed by atoms with Crippen LogP contribution >= 0.6 is 0 Å². The van der Waals surface area contributed by atoms with Gasteiger partial charge < -0.3 is 14.5 Å². The molecule has 2 aromatic rings. The number of amides is 1. The van der Waals surface area contributed by atoms with E-state index in [0.29, 0.717) is 0 Å². The van der Waals surface area contributed by atoms with Crippen LogP contribution in [0.2, 0.25) is 0 Å². The SMILES string of the molecule is CC(OC(=O)c1occc1CS(=O)(=O)c1ccccc1)C(=O)NC(C)(C#N)C(C)C. The summed E-state index contributed by atoms with van der Waals surface area (Å²) in [6, 6.07) is 11.2. The number of esters is 1. The Labute approximate surface area is 175 Å². The van der Waals surface area contributed by atoms with Crippen molar-refractivity contribution in [2.75, 3.05) is 0 Å². The van der Waals surface area contributed by atoms with Crippen molar-refractivity contribution in [2.24, 2.45) is 5.92 Å². The Kier molecular flexibility index (Phi) is 7.05. The van der Waals surface area contributed by atoms with Crippen molar-refractivity contribution in [1.82, 2.24) is 5.32 Å². The number of ether oxygens (including phenoxy) is 1. The van der Waals surface area contributed by atoms with Crippen LogP contribution in [0.5, 0.6) is 0 Å². The van der Waals surface area contributed by atoms with Gasteiger partial charge in [-0.1, -0.05) is 32.0 Å². The summed E-state index contributed by atoms with van der Waals surface area (Å²) in [5.41, 5.74) is -1.00. The molecule has 0 spiro atoms. The number of carbonyl (C=O) groups excluding carboxylic acids is 2. The molecule has 8 nitrogen and oxygen atoms in total. The molecule has 0 aliphatic heterocycles. The highest BCUT2D eigenvalue weighted by molar-refractivity contribution is 7.90. The van der Waals surface area contributed by atoms with Gasteiger partial charge in [0.05, 0.1) is 23.0 Å². The van der Waals surface area contributed by atoms with Gasteiger partial charge in [-0.2, -0.15) is 5.26 Å². The first-order valence-corrected chi connectivity index (χ1v) is 10.9. The summed E-state index contributed by atoms with van der Waals surface area (Å²) in [5.74, 6) is -2.54. The molecule has 2 atom stereocenters. The van der Waals surface area contributed by atoms with Crippen LogP contribution < -0.4 is 5.32 Å². The number of benzene rings is 1. The Morgan fingerprint density at radius 3 is 2.40 bits per heavy atom. The average Bonchev–Trinajstić information content (AvgIpc) is 3.15. The molecular weight excluding hydrogens is 408 g/mol. The molecule has 0 saturated heterocycles. The Hall–Kier alpha value is -3.12. The van der Waals surface area contributed by atoms with E-state index in [2.05, 4.69) is 5.32 Å². The van der Waals surface area contributed by atoms with Gasteiger partial charge >= 0.3 is 5.97 Å². The van der Waals surface area contributed by atoms with Gasteiger partial charge in [-0.25, -0.2) is 13.2 Å². The molecule has 0 aliphatic rings. The van der Waals surface area contributed by atoms with Crippen LogP contribution in [0.1, 0.15) is 43.8 Å². The van der Waals surface area contributed by atoms with E-state index in [9.17, 15) is 23.3 Å². The minimum absolute atomic E-state index is 0.114. The molecule has 0 saturated carbocycles.